The smallest absolute Gasteiger partial charge is 0.387 e. The van der Waals surface area contributed by atoms with Crippen LogP contribution in [0.2, 0.25) is 5.02 Å². The molecule has 0 saturated carbocycles. The van der Waals surface area contributed by atoms with Gasteiger partial charge >= 0.3 is 6.61 Å². The van der Waals surface area contributed by atoms with E-state index >= 15 is 0 Å². The molecule has 1 N–H and O–H groups in total. The molecule has 1 aromatic rings. The van der Waals surface area contributed by atoms with Crippen LogP contribution < -0.4 is 14.8 Å². The van der Waals surface area contributed by atoms with Gasteiger partial charge in [0.25, 0.3) is 0 Å². The number of hydrogen-bond donors (Lipinski definition) is 1. The van der Waals surface area contributed by atoms with Gasteiger partial charge in [0.05, 0.1) is 5.02 Å². The second-order valence-electron chi connectivity index (χ2n) is 4.06. The molecule has 0 aromatic heterocycles. The average molecular weight is 278 g/mol. The summed E-state index contributed by atoms with van der Waals surface area (Å²) >= 11 is 5.84. The van der Waals surface area contributed by atoms with Gasteiger partial charge in [0.15, 0.2) is 0 Å². The molecule has 0 radical (unpaired) electrons. The van der Waals surface area contributed by atoms with Crippen molar-refractivity contribution >= 4 is 11.6 Å². The van der Waals surface area contributed by atoms with Crippen molar-refractivity contribution in [1.82, 2.24) is 5.32 Å². The molecule has 1 aliphatic heterocycles. The Kier molecular flexibility index (Phi) is 4.60. The number of rotatable bonds is 4. The first kappa shape index (κ1) is 13.4. The fraction of sp³-hybridized carbons (Fsp3) is 0.500. The van der Waals surface area contributed by atoms with Gasteiger partial charge in [-0.05, 0) is 31.5 Å². The van der Waals surface area contributed by atoms with Gasteiger partial charge < -0.3 is 14.8 Å². The molecular weight excluding hydrogens is 264 g/mol. The number of nitrogens with one attached hydrogen (secondary N) is 1. The summed E-state index contributed by atoms with van der Waals surface area (Å²) in [6.45, 7) is -1.09. The summed E-state index contributed by atoms with van der Waals surface area (Å²) in [5.74, 6) is 0.524. The lowest BCUT2D eigenvalue weighted by atomic mass is 10.1. The molecular formula is C12H14ClF2NO2. The molecule has 0 bridgehead atoms. The third-order valence-corrected chi connectivity index (χ3v) is 2.97. The molecule has 6 heteroatoms. The Balaban J connectivity index is 1.99. The average Bonchev–Trinajstić information content (AvgIpc) is 2.33. The number of halogens is 3. The summed E-state index contributed by atoms with van der Waals surface area (Å²) < 4.78 is 34.1. The number of benzene rings is 1. The lowest BCUT2D eigenvalue weighted by Gasteiger charge is -2.24. The molecule has 1 fully saturated rings. The van der Waals surface area contributed by atoms with Crippen LogP contribution in [0.4, 0.5) is 8.78 Å². The second kappa shape index (κ2) is 6.20. The van der Waals surface area contributed by atoms with Crippen LogP contribution in [-0.4, -0.2) is 25.8 Å². The Morgan fingerprint density at radius 2 is 2.22 bits per heavy atom. The molecule has 0 amide bonds. The van der Waals surface area contributed by atoms with Crippen molar-refractivity contribution in [2.75, 3.05) is 13.1 Å². The van der Waals surface area contributed by atoms with E-state index in [2.05, 4.69) is 10.1 Å². The first-order valence-electron chi connectivity index (χ1n) is 5.77. The SMILES string of the molecule is FC(F)Oc1ccc(OC2CCCNC2)cc1Cl. The van der Waals surface area contributed by atoms with Crippen molar-refractivity contribution in [3.8, 4) is 11.5 Å². The number of ether oxygens (including phenoxy) is 2. The van der Waals surface area contributed by atoms with Gasteiger partial charge in [0.2, 0.25) is 0 Å². The molecule has 3 nitrogen and oxygen atoms in total. The third-order valence-electron chi connectivity index (χ3n) is 2.67. The predicted molar refractivity (Wildman–Crippen MR) is 64.6 cm³/mol. The first-order chi connectivity index (χ1) is 8.65. The zero-order valence-corrected chi connectivity index (χ0v) is 10.4. The van der Waals surface area contributed by atoms with Crippen molar-refractivity contribution < 1.29 is 18.3 Å². The normalized spacial score (nSPS) is 19.9. The molecule has 100 valence electrons. The van der Waals surface area contributed by atoms with Gasteiger partial charge in [-0.1, -0.05) is 11.6 Å². The molecule has 18 heavy (non-hydrogen) atoms. The van der Waals surface area contributed by atoms with E-state index in [0.29, 0.717) is 5.75 Å². The van der Waals surface area contributed by atoms with Gasteiger partial charge in [-0.25, -0.2) is 0 Å². The molecule has 2 rings (SSSR count). The van der Waals surface area contributed by atoms with Crippen molar-refractivity contribution in [3.05, 3.63) is 23.2 Å². The summed E-state index contributed by atoms with van der Waals surface area (Å²) in [6.07, 6.45) is 2.13. The maximum atomic E-state index is 12.1. The van der Waals surface area contributed by atoms with Crippen LogP contribution in [0, 0.1) is 0 Å². The molecule has 1 unspecified atom stereocenters. The van der Waals surface area contributed by atoms with Gasteiger partial charge in [-0.2, -0.15) is 8.78 Å². The molecule has 1 atom stereocenters. The second-order valence-corrected chi connectivity index (χ2v) is 4.46. The maximum Gasteiger partial charge on any atom is 0.387 e. The van der Waals surface area contributed by atoms with Gasteiger partial charge in [0.1, 0.15) is 17.6 Å². The summed E-state index contributed by atoms with van der Waals surface area (Å²) in [5.41, 5.74) is 0. The van der Waals surface area contributed by atoms with Crippen molar-refractivity contribution in [1.29, 1.82) is 0 Å². The number of piperidine rings is 1. The van der Waals surface area contributed by atoms with E-state index in [1.807, 2.05) is 0 Å². The fourth-order valence-corrected chi connectivity index (χ4v) is 2.07. The highest BCUT2D eigenvalue weighted by Crippen LogP contribution is 2.30. The largest absolute Gasteiger partial charge is 0.489 e. The Hall–Kier alpha value is -1.07. The topological polar surface area (TPSA) is 30.5 Å². The van der Waals surface area contributed by atoms with Crippen molar-refractivity contribution in [3.63, 3.8) is 0 Å². The zero-order chi connectivity index (χ0) is 13.0. The zero-order valence-electron chi connectivity index (χ0n) is 9.67. The Labute approximate surface area is 109 Å². The number of hydrogen-bond acceptors (Lipinski definition) is 3. The highest BCUT2D eigenvalue weighted by Gasteiger charge is 2.15. The van der Waals surface area contributed by atoms with E-state index in [0.717, 1.165) is 25.9 Å². The van der Waals surface area contributed by atoms with Crippen molar-refractivity contribution in [2.45, 2.75) is 25.6 Å². The Morgan fingerprint density at radius 1 is 1.39 bits per heavy atom. The van der Waals surface area contributed by atoms with Crippen LogP contribution in [-0.2, 0) is 0 Å². The predicted octanol–water partition coefficient (Wildman–Crippen LogP) is 3.07. The molecule has 1 heterocycles. The minimum Gasteiger partial charge on any atom is -0.489 e. The van der Waals surface area contributed by atoms with Crippen LogP contribution in [0.3, 0.4) is 0 Å². The summed E-state index contributed by atoms with van der Waals surface area (Å²) in [7, 11) is 0. The van der Waals surface area contributed by atoms with E-state index in [1.165, 1.54) is 12.1 Å². The van der Waals surface area contributed by atoms with E-state index in [9.17, 15) is 8.78 Å². The molecule has 1 aliphatic rings. The Bertz CT molecular complexity index is 398. The van der Waals surface area contributed by atoms with Gasteiger partial charge in [-0.15, -0.1) is 0 Å². The van der Waals surface area contributed by atoms with E-state index in [-0.39, 0.29) is 16.9 Å². The van der Waals surface area contributed by atoms with E-state index in [1.54, 1.807) is 6.07 Å². The molecule has 1 saturated heterocycles. The lowest BCUT2D eigenvalue weighted by Crippen LogP contribution is -2.37. The lowest BCUT2D eigenvalue weighted by molar-refractivity contribution is -0.0498. The minimum atomic E-state index is -2.88. The van der Waals surface area contributed by atoms with Gasteiger partial charge in [0, 0.05) is 12.6 Å². The Morgan fingerprint density at radius 3 is 2.83 bits per heavy atom. The monoisotopic (exact) mass is 277 g/mol. The maximum absolute atomic E-state index is 12.1. The van der Waals surface area contributed by atoms with Gasteiger partial charge in [-0.3, -0.25) is 0 Å². The van der Waals surface area contributed by atoms with E-state index < -0.39 is 6.61 Å². The molecule has 0 aliphatic carbocycles. The number of alkyl halides is 2. The summed E-state index contributed by atoms with van der Waals surface area (Å²) in [6, 6.07) is 4.46. The quantitative estimate of drug-likeness (QED) is 0.917. The van der Waals surface area contributed by atoms with Crippen LogP contribution in [0.15, 0.2) is 18.2 Å². The highest BCUT2D eigenvalue weighted by molar-refractivity contribution is 6.32. The van der Waals surface area contributed by atoms with Crippen LogP contribution in [0.25, 0.3) is 0 Å². The van der Waals surface area contributed by atoms with Crippen LogP contribution in [0.1, 0.15) is 12.8 Å². The minimum absolute atomic E-state index is 0.0409. The standard InChI is InChI=1S/C12H14ClF2NO2/c13-10-6-8(3-4-11(10)18-12(14)15)17-9-2-1-5-16-7-9/h3-4,6,9,12,16H,1-2,5,7H2. The summed E-state index contributed by atoms with van der Waals surface area (Å²) in [4.78, 5) is 0. The van der Waals surface area contributed by atoms with Crippen LogP contribution >= 0.6 is 11.6 Å². The summed E-state index contributed by atoms with van der Waals surface area (Å²) in [5, 5.41) is 3.35. The molecule has 1 aromatic carbocycles. The van der Waals surface area contributed by atoms with E-state index in [4.69, 9.17) is 16.3 Å². The first-order valence-corrected chi connectivity index (χ1v) is 6.14. The highest BCUT2D eigenvalue weighted by atomic mass is 35.5. The van der Waals surface area contributed by atoms with Crippen molar-refractivity contribution in [2.24, 2.45) is 0 Å². The van der Waals surface area contributed by atoms with Crippen LogP contribution in [0.5, 0.6) is 11.5 Å². The third kappa shape index (κ3) is 3.71. The molecule has 0 spiro atoms. The fourth-order valence-electron chi connectivity index (χ4n) is 1.86.